The third-order valence-corrected chi connectivity index (χ3v) is 3.76. The average molecular weight is 279 g/mol. The van der Waals surface area contributed by atoms with Crippen molar-refractivity contribution in [2.75, 3.05) is 32.9 Å². The summed E-state index contributed by atoms with van der Waals surface area (Å²) in [4.78, 5) is 2.33. The quantitative estimate of drug-likeness (QED) is 0.753. The Labute approximate surface area is 121 Å². The largest absolute Gasteiger partial charge is 0.494 e. The second-order valence-electron chi connectivity index (χ2n) is 5.10. The summed E-state index contributed by atoms with van der Waals surface area (Å²) in [5.41, 5.74) is 0. The number of aliphatic hydroxyl groups is 1. The van der Waals surface area contributed by atoms with Gasteiger partial charge in [0.25, 0.3) is 0 Å². The van der Waals surface area contributed by atoms with Crippen LogP contribution in [0.5, 0.6) is 11.5 Å². The molecule has 1 aliphatic carbocycles. The molecule has 1 aromatic rings. The van der Waals surface area contributed by atoms with Gasteiger partial charge < -0.3 is 14.6 Å². The SMILES string of the molecule is CCOc1ccc(OCCN(CCO)C2CCC2)cc1. The lowest BCUT2D eigenvalue weighted by atomic mass is 9.91. The van der Waals surface area contributed by atoms with Gasteiger partial charge in [0, 0.05) is 19.1 Å². The predicted octanol–water partition coefficient (Wildman–Crippen LogP) is 2.31. The Bertz CT molecular complexity index is 376. The fourth-order valence-corrected chi connectivity index (χ4v) is 2.44. The maximum absolute atomic E-state index is 9.11. The van der Waals surface area contributed by atoms with Crippen LogP contribution >= 0.6 is 0 Å². The fraction of sp³-hybridized carbons (Fsp3) is 0.625. The Morgan fingerprint density at radius 3 is 2.25 bits per heavy atom. The van der Waals surface area contributed by atoms with Crippen LogP contribution < -0.4 is 9.47 Å². The van der Waals surface area contributed by atoms with Gasteiger partial charge >= 0.3 is 0 Å². The van der Waals surface area contributed by atoms with Gasteiger partial charge in [-0.3, -0.25) is 4.90 Å². The van der Waals surface area contributed by atoms with Crippen molar-refractivity contribution in [3.05, 3.63) is 24.3 Å². The highest BCUT2D eigenvalue weighted by Crippen LogP contribution is 2.24. The van der Waals surface area contributed by atoms with Crippen molar-refractivity contribution in [2.45, 2.75) is 32.2 Å². The first-order valence-electron chi connectivity index (χ1n) is 7.54. The summed E-state index contributed by atoms with van der Waals surface area (Å²) in [5.74, 6) is 1.74. The van der Waals surface area contributed by atoms with E-state index < -0.39 is 0 Å². The minimum atomic E-state index is 0.222. The molecule has 0 amide bonds. The molecule has 1 N–H and O–H groups in total. The minimum absolute atomic E-state index is 0.222. The zero-order valence-corrected chi connectivity index (χ0v) is 12.3. The van der Waals surface area contributed by atoms with Crippen LogP contribution in [0.3, 0.4) is 0 Å². The van der Waals surface area contributed by atoms with E-state index in [0.29, 0.717) is 19.3 Å². The zero-order valence-electron chi connectivity index (χ0n) is 12.3. The highest BCUT2D eigenvalue weighted by molar-refractivity contribution is 5.31. The molecule has 1 aromatic carbocycles. The minimum Gasteiger partial charge on any atom is -0.494 e. The van der Waals surface area contributed by atoms with Crippen LogP contribution in [0.15, 0.2) is 24.3 Å². The number of hydrogen-bond acceptors (Lipinski definition) is 4. The van der Waals surface area contributed by atoms with E-state index >= 15 is 0 Å². The molecule has 4 nitrogen and oxygen atoms in total. The molecule has 1 aliphatic rings. The van der Waals surface area contributed by atoms with E-state index in [-0.39, 0.29) is 6.61 Å². The van der Waals surface area contributed by atoms with E-state index in [1.807, 2.05) is 31.2 Å². The van der Waals surface area contributed by atoms with Gasteiger partial charge in [0.1, 0.15) is 18.1 Å². The molecule has 2 rings (SSSR count). The highest BCUT2D eigenvalue weighted by Gasteiger charge is 2.24. The van der Waals surface area contributed by atoms with Crippen molar-refractivity contribution < 1.29 is 14.6 Å². The van der Waals surface area contributed by atoms with Crippen molar-refractivity contribution in [3.8, 4) is 11.5 Å². The summed E-state index contributed by atoms with van der Waals surface area (Å²) in [6.07, 6.45) is 3.82. The summed E-state index contributed by atoms with van der Waals surface area (Å²) < 4.78 is 11.2. The second kappa shape index (κ2) is 8.12. The van der Waals surface area contributed by atoms with Crippen molar-refractivity contribution >= 4 is 0 Å². The molecule has 1 fully saturated rings. The predicted molar refractivity (Wildman–Crippen MR) is 79.4 cm³/mol. The molecular formula is C16H25NO3. The summed E-state index contributed by atoms with van der Waals surface area (Å²) in [6, 6.07) is 8.37. The van der Waals surface area contributed by atoms with Gasteiger partial charge in [-0.05, 0) is 44.0 Å². The van der Waals surface area contributed by atoms with Gasteiger partial charge in [-0.25, -0.2) is 0 Å². The first-order valence-corrected chi connectivity index (χ1v) is 7.54. The van der Waals surface area contributed by atoms with Gasteiger partial charge in [-0.15, -0.1) is 0 Å². The smallest absolute Gasteiger partial charge is 0.119 e. The summed E-state index contributed by atoms with van der Waals surface area (Å²) in [7, 11) is 0. The lowest BCUT2D eigenvalue weighted by Crippen LogP contribution is -2.43. The molecule has 0 heterocycles. The van der Waals surface area contributed by atoms with Crippen LogP contribution in [-0.2, 0) is 0 Å². The van der Waals surface area contributed by atoms with E-state index in [0.717, 1.165) is 24.6 Å². The Hall–Kier alpha value is -1.26. The first-order chi connectivity index (χ1) is 9.83. The average Bonchev–Trinajstić information content (AvgIpc) is 2.39. The molecule has 0 radical (unpaired) electrons. The standard InChI is InChI=1S/C16H25NO3/c1-2-19-15-6-8-16(9-7-15)20-13-11-17(10-12-18)14-4-3-5-14/h6-9,14,18H,2-5,10-13H2,1H3. The van der Waals surface area contributed by atoms with Crippen molar-refractivity contribution in [3.63, 3.8) is 0 Å². The van der Waals surface area contributed by atoms with E-state index in [1.165, 1.54) is 19.3 Å². The lowest BCUT2D eigenvalue weighted by Gasteiger charge is -2.37. The summed E-state index contributed by atoms with van der Waals surface area (Å²) in [5, 5.41) is 9.11. The van der Waals surface area contributed by atoms with Crippen LogP contribution in [0.4, 0.5) is 0 Å². The normalized spacial score (nSPS) is 15.2. The molecule has 112 valence electrons. The monoisotopic (exact) mass is 279 g/mol. The molecule has 0 saturated heterocycles. The zero-order chi connectivity index (χ0) is 14.2. The van der Waals surface area contributed by atoms with Crippen LogP contribution in [0.25, 0.3) is 0 Å². The molecule has 4 heteroatoms. The van der Waals surface area contributed by atoms with Gasteiger partial charge in [0.2, 0.25) is 0 Å². The molecule has 20 heavy (non-hydrogen) atoms. The number of aliphatic hydroxyl groups excluding tert-OH is 1. The van der Waals surface area contributed by atoms with E-state index in [1.54, 1.807) is 0 Å². The lowest BCUT2D eigenvalue weighted by molar-refractivity contribution is 0.0860. The van der Waals surface area contributed by atoms with Crippen molar-refractivity contribution in [1.29, 1.82) is 0 Å². The molecule has 0 bridgehead atoms. The number of hydrogen-bond donors (Lipinski definition) is 1. The number of rotatable bonds is 9. The Kier molecular flexibility index (Phi) is 6.15. The third kappa shape index (κ3) is 4.39. The molecule has 1 saturated carbocycles. The maximum Gasteiger partial charge on any atom is 0.119 e. The Morgan fingerprint density at radius 1 is 1.10 bits per heavy atom. The van der Waals surface area contributed by atoms with E-state index in [2.05, 4.69) is 4.90 Å². The highest BCUT2D eigenvalue weighted by atomic mass is 16.5. The van der Waals surface area contributed by atoms with Crippen LogP contribution in [0, 0.1) is 0 Å². The van der Waals surface area contributed by atoms with Gasteiger partial charge in [0.15, 0.2) is 0 Å². The van der Waals surface area contributed by atoms with Crippen LogP contribution in [0.1, 0.15) is 26.2 Å². The van der Waals surface area contributed by atoms with E-state index in [9.17, 15) is 0 Å². The first kappa shape index (κ1) is 15.1. The van der Waals surface area contributed by atoms with Gasteiger partial charge in [-0.1, -0.05) is 6.42 Å². The number of nitrogens with zero attached hydrogens (tertiary/aromatic N) is 1. The van der Waals surface area contributed by atoms with Crippen molar-refractivity contribution in [2.24, 2.45) is 0 Å². The third-order valence-electron chi connectivity index (χ3n) is 3.76. The van der Waals surface area contributed by atoms with Crippen LogP contribution in [0.2, 0.25) is 0 Å². The molecular weight excluding hydrogens is 254 g/mol. The van der Waals surface area contributed by atoms with Gasteiger partial charge in [0.05, 0.1) is 13.2 Å². The Morgan fingerprint density at radius 2 is 1.75 bits per heavy atom. The maximum atomic E-state index is 9.11. The van der Waals surface area contributed by atoms with E-state index in [4.69, 9.17) is 14.6 Å². The molecule has 0 spiro atoms. The van der Waals surface area contributed by atoms with Crippen LogP contribution in [-0.4, -0.2) is 49.0 Å². The Balaban J connectivity index is 1.73. The number of ether oxygens (including phenoxy) is 2. The summed E-state index contributed by atoms with van der Waals surface area (Å²) in [6.45, 7) is 5.15. The number of benzene rings is 1. The van der Waals surface area contributed by atoms with Gasteiger partial charge in [-0.2, -0.15) is 0 Å². The summed E-state index contributed by atoms with van der Waals surface area (Å²) >= 11 is 0. The second-order valence-corrected chi connectivity index (χ2v) is 5.10. The molecule has 0 unspecified atom stereocenters. The topological polar surface area (TPSA) is 41.9 Å². The molecule has 0 aliphatic heterocycles. The molecule has 0 atom stereocenters. The van der Waals surface area contributed by atoms with Crippen molar-refractivity contribution in [1.82, 2.24) is 4.90 Å². The fourth-order valence-electron chi connectivity index (χ4n) is 2.44. The molecule has 0 aromatic heterocycles.